The molecule has 0 aromatic heterocycles. The van der Waals surface area contributed by atoms with Crippen molar-refractivity contribution in [2.24, 2.45) is 5.92 Å². The van der Waals surface area contributed by atoms with E-state index in [9.17, 15) is 9.18 Å². The van der Waals surface area contributed by atoms with Crippen LogP contribution in [0, 0.1) is 18.7 Å². The van der Waals surface area contributed by atoms with Crippen LogP contribution in [0.15, 0.2) is 18.2 Å². The van der Waals surface area contributed by atoms with E-state index < -0.39 is 5.82 Å². The second kappa shape index (κ2) is 5.66. The molecule has 94 valence electrons. The maximum Gasteiger partial charge on any atom is 0.319 e. The van der Waals surface area contributed by atoms with E-state index in [0.717, 1.165) is 5.56 Å². The van der Waals surface area contributed by atoms with Crippen LogP contribution in [-0.2, 0) is 0 Å². The molecule has 0 spiro atoms. The lowest BCUT2D eigenvalue weighted by Crippen LogP contribution is -2.39. The molecule has 0 aliphatic carbocycles. The SMILES string of the molecule is Cc1ccc(NC(=O)NC(C)C(C)C)c(F)c1. The highest BCUT2D eigenvalue weighted by atomic mass is 19.1. The predicted molar refractivity (Wildman–Crippen MR) is 67.6 cm³/mol. The number of carbonyl (C=O) groups excluding carboxylic acids is 1. The molecule has 0 saturated carbocycles. The van der Waals surface area contributed by atoms with Crippen molar-refractivity contribution >= 4 is 11.7 Å². The van der Waals surface area contributed by atoms with Gasteiger partial charge in [0.25, 0.3) is 0 Å². The van der Waals surface area contributed by atoms with Gasteiger partial charge in [0.15, 0.2) is 0 Å². The van der Waals surface area contributed by atoms with Gasteiger partial charge in [0.2, 0.25) is 0 Å². The summed E-state index contributed by atoms with van der Waals surface area (Å²) >= 11 is 0. The first-order valence-electron chi connectivity index (χ1n) is 5.74. The number of benzene rings is 1. The maximum atomic E-state index is 13.5. The van der Waals surface area contributed by atoms with Gasteiger partial charge in [-0.25, -0.2) is 9.18 Å². The Balaban J connectivity index is 2.62. The third kappa shape index (κ3) is 4.06. The van der Waals surface area contributed by atoms with Crippen molar-refractivity contribution in [3.8, 4) is 0 Å². The third-order valence-electron chi connectivity index (χ3n) is 2.73. The van der Waals surface area contributed by atoms with Gasteiger partial charge in [-0.3, -0.25) is 0 Å². The summed E-state index contributed by atoms with van der Waals surface area (Å²) in [5.41, 5.74) is 1.02. The number of nitrogens with one attached hydrogen (secondary N) is 2. The van der Waals surface area contributed by atoms with Crippen LogP contribution in [0.1, 0.15) is 26.3 Å². The predicted octanol–water partition coefficient (Wildman–Crippen LogP) is 3.30. The Morgan fingerprint density at radius 3 is 2.47 bits per heavy atom. The lowest BCUT2D eigenvalue weighted by molar-refractivity contribution is 0.246. The summed E-state index contributed by atoms with van der Waals surface area (Å²) in [5, 5.41) is 5.25. The molecule has 2 N–H and O–H groups in total. The van der Waals surface area contributed by atoms with Crippen molar-refractivity contribution in [2.45, 2.75) is 33.7 Å². The minimum absolute atomic E-state index is 0.0449. The molecule has 1 aromatic carbocycles. The first kappa shape index (κ1) is 13.5. The van der Waals surface area contributed by atoms with Gasteiger partial charge >= 0.3 is 6.03 Å². The molecule has 0 aliphatic rings. The van der Waals surface area contributed by atoms with Crippen LogP contribution in [-0.4, -0.2) is 12.1 Å². The lowest BCUT2D eigenvalue weighted by Gasteiger charge is -2.18. The summed E-state index contributed by atoms with van der Waals surface area (Å²) in [4.78, 5) is 11.6. The van der Waals surface area contributed by atoms with E-state index in [2.05, 4.69) is 10.6 Å². The van der Waals surface area contributed by atoms with Gasteiger partial charge in [0.05, 0.1) is 5.69 Å². The van der Waals surface area contributed by atoms with E-state index in [-0.39, 0.29) is 17.8 Å². The van der Waals surface area contributed by atoms with Crippen LogP contribution in [0.3, 0.4) is 0 Å². The molecule has 1 atom stereocenters. The molecule has 17 heavy (non-hydrogen) atoms. The Labute approximate surface area is 101 Å². The molecule has 4 heteroatoms. The number of anilines is 1. The molecule has 0 radical (unpaired) electrons. The van der Waals surface area contributed by atoms with Gasteiger partial charge in [-0.1, -0.05) is 19.9 Å². The summed E-state index contributed by atoms with van der Waals surface area (Å²) in [6, 6.07) is 4.37. The molecule has 0 heterocycles. The van der Waals surface area contributed by atoms with Crippen molar-refractivity contribution < 1.29 is 9.18 Å². The zero-order chi connectivity index (χ0) is 13.0. The van der Waals surface area contributed by atoms with Crippen molar-refractivity contribution in [1.82, 2.24) is 5.32 Å². The number of aryl methyl sites for hydroxylation is 1. The fraction of sp³-hybridized carbons (Fsp3) is 0.462. The molecule has 1 rings (SSSR count). The Bertz CT molecular complexity index is 404. The van der Waals surface area contributed by atoms with Crippen molar-refractivity contribution in [3.63, 3.8) is 0 Å². The zero-order valence-electron chi connectivity index (χ0n) is 10.7. The highest BCUT2D eigenvalue weighted by molar-refractivity contribution is 5.89. The van der Waals surface area contributed by atoms with E-state index in [4.69, 9.17) is 0 Å². The number of halogens is 1. The summed E-state index contributed by atoms with van der Waals surface area (Å²) < 4.78 is 13.5. The summed E-state index contributed by atoms with van der Waals surface area (Å²) in [5.74, 6) is -0.0824. The highest BCUT2D eigenvalue weighted by Crippen LogP contribution is 2.15. The lowest BCUT2D eigenvalue weighted by atomic mass is 10.1. The van der Waals surface area contributed by atoms with E-state index in [1.807, 2.05) is 20.8 Å². The van der Waals surface area contributed by atoms with Crippen LogP contribution < -0.4 is 10.6 Å². The average molecular weight is 238 g/mol. The number of hydrogen-bond acceptors (Lipinski definition) is 1. The molecule has 3 nitrogen and oxygen atoms in total. The summed E-state index contributed by atoms with van der Waals surface area (Å²) in [6.45, 7) is 7.73. The van der Waals surface area contributed by atoms with Crippen molar-refractivity contribution in [2.75, 3.05) is 5.32 Å². The highest BCUT2D eigenvalue weighted by Gasteiger charge is 2.12. The molecular weight excluding hydrogens is 219 g/mol. The molecule has 1 unspecified atom stereocenters. The van der Waals surface area contributed by atoms with E-state index in [1.165, 1.54) is 6.07 Å². The fourth-order valence-electron chi connectivity index (χ4n) is 1.25. The van der Waals surface area contributed by atoms with Gasteiger partial charge in [-0.15, -0.1) is 0 Å². The number of amides is 2. The van der Waals surface area contributed by atoms with Crippen LogP contribution in [0.2, 0.25) is 0 Å². The maximum absolute atomic E-state index is 13.5. The van der Waals surface area contributed by atoms with Crippen LogP contribution in [0.25, 0.3) is 0 Å². The van der Waals surface area contributed by atoms with E-state index >= 15 is 0 Å². The Morgan fingerprint density at radius 1 is 1.29 bits per heavy atom. The quantitative estimate of drug-likeness (QED) is 0.833. The molecular formula is C13H19FN2O. The van der Waals surface area contributed by atoms with E-state index in [0.29, 0.717) is 5.92 Å². The first-order chi connectivity index (χ1) is 7.90. The normalized spacial score (nSPS) is 12.4. The fourth-order valence-corrected chi connectivity index (χ4v) is 1.25. The molecule has 0 saturated heterocycles. The topological polar surface area (TPSA) is 41.1 Å². The first-order valence-corrected chi connectivity index (χ1v) is 5.74. The minimum Gasteiger partial charge on any atom is -0.335 e. The molecule has 0 aliphatic heterocycles. The second-order valence-electron chi connectivity index (χ2n) is 4.61. The largest absolute Gasteiger partial charge is 0.335 e. The Hall–Kier alpha value is -1.58. The smallest absolute Gasteiger partial charge is 0.319 e. The third-order valence-corrected chi connectivity index (χ3v) is 2.73. The van der Waals surface area contributed by atoms with Gasteiger partial charge in [-0.2, -0.15) is 0 Å². The van der Waals surface area contributed by atoms with Gasteiger partial charge < -0.3 is 10.6 Å². The number of urea groups is 1. The number of hydrogen-bond donors (Lipinski definition) is 2. The van der Waals surface area contributed by atoms with Crippen molar-refractivity contribution in [1.29, 1.82) is 0 Å². The number of carbonyl (C=O) groups is 1. The molecule has 2 amide bonds. The average Bonchev–Trinajstić information content (AvgIpc) is 2.22. The summed E-state index contributed by atoms with van der Waals surface area (Å²) in [7, 11) is 0. The molecule has 1 aromatic rings. The molecule has 0 fully saturated rings. The van der Waals surface area contributed by atoms with Crippen LogP contribution >= 0.6 is 0 Å². The molecule has 0 bridgehead atoms. The monoisotopic (exact) mass is 238 g/mol. The van der Waals surface area contributed by atoms with Gasteiger partial charge in [0, 0.05) is 6.04 Å². The summed E-state index contributed by atoms with van der Waals surface area (Å²) in [6.07, 6.45) is 0. The Morgan fingerprint density at radius 2 is 1.94 bits per heavy atom. The van der Waals surface area contributed by atoms with Crippen LogP contribution in [0.4, 0.5) is 14.9 Å². The zero-order valence-corrected chi connectivity index (χ0v) is 10.7. The standard InChI is InChI=1S/C13H19FN2O/c1-8(2)10(4)15-13(17)16-12-6-5-9(3)7-11(12)14/h5-8,10H,1-4H3,(H2,15,16,17). The Kier molecular flexibility index (Phi) is 4.49. The minimum atomic E-state index is -0.419. The van der Waals surface area contributed by atoms with Crippen LogP contribution in [0.5, 0.6) is 0 Å². The van der Waals surface area contributed by atoms with Crippen molar-refractivity contribution in [3.05, 3.63) is 29.6 Å². The van der Waals surface area contributed by atoms with E-state index in [1.54, 1.807) is 19.1 Å². The van der Waals surface area contributed by atoms with Gasteiger partial charge in [0.1, 0.15) is 5.82 Å². The number of rotatable bonds is 3. The van der Waals surface area contributed by atoms with Gasteiger partial charge in [-0.05, 0) is 37.5 Å². The second-order valence-corrected chi connectivity index (χ2v) is 4.61.